The van der Waals surface area contributed by atoms with E-state index in [4.69, 9.17) is 4.74 Å². The molecule has 1 atom stereocenters. The largest absolute Gasteiger partial charge is 0.465 e. The summed E-state index contributed by atoms with van der Waals surface area (Å²) in [5.74, 6) is 2.42. The van der Waals surface area contributed by atoms with Gasteiger partial charge in [0.25, 0.3) is 0 Å². The fraction of sp³-hybridized carbons (Fsp3) is 0.667. The van der Waals surface area contributed by atoms with Crippen molar-refractivity contribution in [3.8, 4) is 0 Å². The molecule has 0 amide bonds. The van der Waals surface area contributed by atoms with Crippen LogP contribution in [0.4, 0.5) is 0 Å². The lowest BCUT2D eigenvalue weighted by atomic mass is 10.2. The molecule has 0 spiro atoms. The van der Waals surface area contributed by atoms with Crippen molar-refractivity contribution in [3.63, 3.8) is 0 Å². The maximum atomic E-state index is 11.5. The summed E-state index contributed by atoms with van der Waals surface area (Å²) >= 11 is 3.64. The monoisotopic (exact) mass is 326 g/mol. The molecule has 21 heavy (non-hydrogen) atoms. The molecule has 0 N–H and O–H groups in total. The van der Waals surface area contributed by atoms with Crippen LogP contribution in [0.2, 0.25) is 0 Å². The molecule has 3 rings (SSSR count). The van der Waals surface area contributed by atoms with Gasteiger partial charge in [0.1, 0.15) is 4.88 Å². The molecule has 1 unspecified atom stereocenters. The fourth-order valence-electron chi connectivity index (χ4n) is 2.99. The number of carbonyl (C=O) groups is 1. The number of thiophene rings is 1. The van der Waals surface area contributed by atoms with E-state index < -0.39 is 0 Å². The summed E-state index contributed by atoms with van der Waals surface area (Å²) in [6, 6.07) is 4.74. The van der Waals surface area contributed by atoms with Crippen LogP contribution >= 0.6 is 23.1 Å². The lowest BCUT2D eigenvalue weighted by Gasteiger charge is -2.37. The zero-order chi connectivity index (χ0) is 14.7. The van der Waals surface area contributed by atoms with Crippen LogP contribution in [0.3, 0.4) is 0 Å². The third-order valence-electron chi connectivity index (χ3n) is 4.26. The summed E-state index contributed by atoms with van der Waals surface area (Å²) in [6.45, 7) is 5.58. The van der Waals surface area contributed by atoms with Crippen LogP contribution in [0.5, 0.6) is 0 Å². The normalized spacial score (nSPS) is 24.3. The van der Waals surface area contributed by atoms with Gasteiger partial charge in [0, 0.05) is 49.4 Å². The van der Waals surface area contributed by atoms with Crippen LogP contribution in [0.15, 0.2) is 12.1 Å². The van der Waals surface area contributed by atoms with Gasteiger partial charge in [-0.2, -0.15) is 11.8 Å². The van der Waals surface area contributed by atoms with Crippen LogP contribution in [-0.4, -0.2) is 66.6 Å². The number of hydrogen-bond acceptors (Lipinski definition) is 6. The number of esters is 1. The van der Waals surface area contributed by atoms with Crippen molar-refractivity contribution in [2.45, 2.75) is 19.0 Å². The summed E-state index contributed by atoms with van der Waals surface area (Å²) in [4.78, 5) is 18.6. The Morgan fingerprint density at radius 3 is 2.81 bits per heavy atom. The molecule has 0 saturated carbocycles. The molecule has 116 valence electrons. The Kier molecular flexibility index (Phi) is 5.21. The molecular weight excluding hydrogens is 304 g/mol. The lowest BCUT2D eigenvalue weighted by Crippen LogP contribution is -2.49. The van der Waals surface area contributed by atoms with Crippen molar-refractivity contribution in [2.75, 3.05) is 44.8 Å². The molecule has 2 aliphatic rings. The van der Waals surface area contributed by atoms with E-state index in [2.05, 4.69) is 27.6 Å². The van der Waals surface area contributed by atoms with Crippen molar-refractivity contribution >= 4 is 29.1 Å². The predicted molar refractivity (Wildman–Crippen MR) is 88.2 cm³/mol. The minimum atomic E-state index is -0.227. The Hall–Kier alpha value is -0.560. The van der Waals surface area contributed by atoms with Crippen molar-refractivity contribution in [1.82, 2.24) is 9.80 Å². The Morgan fingerprint density at radius 1 is 1.33 bits per heavy atom. The number of methoxy groups -OCH3 is 1. The second-order valence-electron chi connectivity index (χ2n) is 5.59. The van der Waals surface area contributed by atoms with E-state index in [0.717, 1.165) is 25.7 Å². The average Bonchev–Trinajstić information content (AvgIpc) is 3.18. The molecular formula is C15H22N2O2S2. The van der Waals surface area contributed by atoms with E-state index in [9.17, 15) is 4.79 Å². The molecule has 2 saturated heterocycles. The molecule has 0 aromatic carbocycles. The first-order valence-corrected chi connectivity index (χ1v) is 9.44. The van der Waals surface area contributed by atoms with Gasteiger partial charge in [-0.25, -0.2) is 4.79 Å². The highest BCUT2D eigenvalue weighted by molar-refractivity contribution is 7.99. The third kappa shape index (κ3) is 3.80. The zero-order valence-corrected chi connectivity index (χ0v) is 14.0. The van der Waals surface area contributed by atoms with Crippen molar-refractivity contribution < 1.29 is 9.53 Å². The molecule has 2 aliphatic heterocycles. The molecule has 6 heteroatoms. The highest BCUT2D eigenvalue weighted by atomic mass is 32.2. The van der Waals surface area contributed by atoms with Crippen molar-refractivity contribution in [2.24, 2.45) is 0 Å². The molecule has 1 aromatic heterocycles. The van der Waals surface area contributed by atoms with Gasteiger partial charge in [0.15, 0.2) is 0 Å². The number of rotatable bonds is 4. The first kappa shape index (κ1) is 15.3. The van der Waals surface area contributed by atoms with E-state index in [1.54, 1.807) is 11.3 Å². The maximum absolute atomic E-state index is 11.5. The fourth-order valence-corrected chi connectivity index (χ4v) is 5.21. The number of nitrogens with zero attached hydrogens (tertiary/aromatic N) is 2. The zero-order valence-electron chi connectivity index (χ0n) is 12.4. The van der Waals surface area contributed by atoms with E-state index in [-0.39, 0.29) is 5.97 Å². The van der Waals surface area contributed by atoms with Crippen LogP contribution in [0, 0.1) is 0 Å². The Labute approximate surface area is 134 Å². The van der Waals surface area contributed by atoms with Gasteiger partial charge in [0.2, 0.25) is 0 Å². The van der Waals surface area contributed by atoms with Crippen LogP contribution in [0.1, 0.15) is 21.0 Å². The highest BCUT2D eigenvalue weighted by Crippen LogP contribution is 2.24. The minimum Gasteiger partial charge on any atom is -0.465 e. The Balaban J connectivity index is 1.48. The van der Waals surface area contributed by atoms with Gasteiger partial charge >= 0.3 is 5.97 Å². The summed E-state index contributed by atoms with van der Waals surface area (Å²) < 4.78 is 4.76. The predicted octanol–water partition coefficient (Wildman–Crippen LogP) is 2.16. The van der Waals surface area contributed by atoms with Crippen molar-refractivity contribution in [1.29, 1.82) is 0 Å². The van der Waals surface area contributed by atoms with Gasteiger partial charge in [-0.05, 0) is 24.3 Å². The van der Waals surface area contributed by atoms with Gasteiger partial charge in [-0.3, -0.25) is 9.80 Å². The second kappa shape index (κ2) is 7.13. The van der Waals surface area contributed by atoms with E-state index in [1.165, 1.54) is 43.0 Å². The first-order chi connectivity index (χ1) is 10.3. The number of hydrogen-bond donors (Lipinski definition) is 0. The SMILES string of the molecule is COC(=O)c1ccc(CN2CCN(C3CCSC3)CC2)s1. The molecule has 1 aromatic rings. The quantitative estimate of drug-likeness (QED) is 0.792. The summed E-state index contributed by atoms with van der Waals surface area (Å²) in [5, 5.41) is 0. The smallest absolute Gasteiger partial charge is 0.348 e. The number of carbonyl (C=O) groups excluding carboxylic acids is 1. The Bertz CT molecular complexity index is 478. The Morgan fingerprint density at radius 2 is 2.14 bits per heavy atom. The number of piperazine rings is 1. The minimum absolute atomic E-state index is 0.227. The molecule has 0 aliphatic carbocycles. The van der Waals surface area contributed by atoms with Crippen molar-refractivity contribution in [3.05, 3.63) is 21.9 Å². The molecule has 4 nitrogen and oxygen atoms in total. The number of thioether (sulfide) groups is 1. The summed E-state index contributed by atoms with van der Waals surface area (Å²) in [6.07, 6.45) is 1.36. The van der Waals surface area contributed by atoms with Crippen LogP contribution in [-0.2, 0) is 11.3 Å². The molecule has 3 heterocycles. The average molecular weight is 326 g/mol. The van der Waals surface area contributed by atoms with Crippen LogP contribution < -0.4 is 0 Å². The second-order valence-corrected chi connectivity index (χ2v) is 7.91. The van der Waals surface area contributed by atoms with Gasteiger partial charge in [0.05, 0.1) is 7.11 Å². The molecule has 0 radical (unpaired) electrons. The van der Waals surface area contributed by atoms with E-state index >= 15 is 0 Å². The lowest BCUT2D eigenvalue weighted by molar-refractivity contribution is 0.0606. The topological polar surface area (TPSA) is 32.8 Å². The number of ether oxygens (including phenoxy) is 1. The van der Waals surface area contributed by atoms with E-state index in [1.807, 2.05) is 6.07 Å². The molecule has 2 fully saturated rings. The maximum Gasteiger partial charge on any atom is 0.348 e. The van der Waals surface area contributed by atoms with Gasteiger partial charge < -0.3 is 4.74 Å². The van der Waals surface area contributed by atoms with Crippen LogP contribution in [0.25, 0.3) is 0 Å². The van der Waals surface area contributed by atoms with E-state index in [0.29, 0.717) is 4.88 Å². The summed E-state index contributed by atoms with van der Waals surface area (Å²) in [5.41, 5.74) is 0. The molecule has 0 bridgehead atoms. The highest BCUT2D eigenvalue weighted by Gasteiger charge is 2.26. The van der Waals surface area contributed by atoms with Gasteiger partial charge in [-0.15, -0.1) is 11.3 Å². The van der Waals surface area contributed by atoms with Gasteiger partial charge in [-0.1, -0.05) is 0 Å². The first-order valence-electron chi connectivity index (χ1n) is 7.47. The summed E-state index contributed by atoms with van der Waals surface area (Å²) in [7, 11) is 1.43. The third-order valence-corrected chi connectivity index (χ3v) is 6.45. The standard InChI is InChI=1S/C15H22N2O2S2/c1-19-15(18)14-3-2-13(21-14)10-16-5-7-17(8-6-16)12-4-9-20-11-12/h2-3,12H,4-11H2,1H3.